The molecule has 5 heteroatoms. The number of nitrogen functional groups attached to an aromatic ring is 1. The van der Waals surface area contributed by atoms with Crippen LogP contribution in [0, 0.1) is 0 Å². The van der Waals surface area contributed by atoms with Gasteiger partial charge in [-0.2, -0.15) is 0 Å². The van der Waals surface area contributed by atoms with Crippen LogP contribution in [0.25, 0.3) is 10.2 Å². The Bertz CT molecular complexity index is 427. The lowest BCUT2D eigenvalue weighted by atomic mass is 10.3. The Balaban J connectivity index is 2.48. The molecule has 2 aromatic rings. The molecule has 3 nitrogen and oxygen atoms in total. The zero-order chi connectivity index (χ0) is 9.26. The van der Waals surface area contributed by atoms with Crippen LogP contribution in [-0.2, 0) is 0 Å². The van der Waals surface area contributed by atoms with Crippen molar-refractivity contribution in [3.05, 3.63) is 18.2 Å². The maximum Gasteiger partial charge on any atom is 0.181 e. The van der Waals surface area contributed by atoms with Gasteiger partial charge in [-0.1, -0.05) is 11.3 Å². The maximum absolute atomic E-state index is 5.58. The van der Waals surface area contributed by atoms with Gasteiger partial charge in [0.05, 0.1) is 22.3 Å². The second-order valence-electron chi connectivity index (χ2n) is 2.43. The summed E-state index contributed by atoms with van der Waals surface area (Å²) in [6.07, 6.45) is 1.88. The molecule has 0 amide bonds. The van der Waals surface area contributed by atoms with Crippen LogP contribution in [0.15, 0.2) is 18.2 Å². The third kappa shape index (κ3) is 1.71. The second-order valence-corrected chi connectivity index (χ2v) is 3.99. The Labute approximate surface area is 84.1 Å². The van der Waals surface area contributed by atoms with Gasteiger partial charge >= 0.3 is 0 Å². The van der Waals surface area contributed by atoms with Crippen molar-refractivity contribution in [2.24, 2.45) is 0 Å². The minimum absolute atomic E-state index is 0.594. The van der Waals surface area contributed by atoms with E-state index in [-0.39, 0.29) is 0 Å². The smallest absolute Gasteiger partial charge is 0.181 e. The fourth-order valence-corrected chi connectivity index (χ4v) is 2.13. The number of aromatic nitrogens is 1. The molecule has 0 spiro atoms. The molecule has 1 aromatic heterocycles. The number of fused-ring (bicyclic) bond motifs is 1. The van der Waals surface area contributed by atoms with E-state index in [4.69, 9.17) is 9.92 Å². The quantitative estimate of drug-likeness (QED) is 0.777. The van der Waals surface area contributed by atoms with Gasteiger partial charge in [-0.05, 0) is 12.1 Å². The lowest BCUT2D eigenvalue weighted by Gasteiger charge is -1.98. The molecule has 0 aliphatic heterocycles. The number of thiazole rings is 1. The van der Waals surface area contributed by atoms with E-state index >= 15 is 0 Å². The fraction of sp³-hybridized carbons (Fsp3) is 0.125. The first kappa shape index (κ1) is 8.65. The van der Waals surface area contributed by atoms with E-state index in [1.165, 1.54) is 23.4 Å². The van der Waals surface area contributed by atoms with E-state index < -0.39 is 0 Å². The van der Waals surface area contributed by atoms with Crippen molar-refractivity contribution in [2.45, 2.75) is 0 Å². The Morgan fingerprint density at radius 1 is 1.54 bits per heavy atom. The molecule has 0 aliphatic carbocycles. The van der Waals surface area contributed by atoms with Crippen LogP contribution in [-0.4, -0.2) is 11.2 Å². The minimum Gasteiger partial charge on any atom is -0.426 e. The third-order valence-corrected chi connectivity index (χ3v) is 2.76. The Kier molecular flexibility index (Phi) is 2.28. The summed E-state index contributed by atoms with van der Waals surface area (Å²) in [5.41, 5.74) is 6.50. The summed E-state index contributed by atoms with van der Waals surface area (Å²) in [7, 11) is 0. The number of hydrogen-bond acceptors (Lipinski definition) is 5. The average Bonchev–Trinajstić information content (AvgIpc) is 2.44. The highest BCUT2D eigenvalue weighted by molar-refractivity contribution is 7.94. The highest BCUT2D eigenvalue weighted by Crippen LogP contribution is 2.28. The molecule has 0 atom stereocenters. The van der Waals surface area contributed by atoms with Gasteiger partial charge in [0, 0.05) is 12.3 Å². The summed E-state index contributed by atoms with van der Waals surface area (Å²) >= 11 is 2.79. The molecule has 1 heterocycles. The van der Waals surface area contributed by atoms with Crippen molar-refractivity contribution in [3.8, 4) is 5.75 Å². The summed E-state index contributed by atoms with van der Waals surface area (Å²) in [6, 6.07) is 5.74. The molecule has 0 saturated carbocycles. The third-order valence-electron chi connectivity index (χ3n) is 1.56. The van der Waals surface area contributed by atoms with Crippen molar-refractivity contribution in [1.29, 1.82) is 0 Å². The molecule has 0 aliphatic rings. The number of anilines is 1. The lowest BCUT2D eigenvalue weighted by molar-refractivity contribution is 0.652. The monoisotopic (exact) mass is 212 g/mol. The summed E-state index contributed by atoms with van der Waals surface area (Å²) in [5.74, 6) is 0.837. The second kappa shape index (κ2) is 3.43. The van der Waals surface area contributed by atoms with E-state index in [0.717, 1.165) is 16.0 Å². The molecule has 0 saturated heterocycles. The minimum atomic E-state index is 0.594. The van der Waals surface area contributed by atoms with Crippen LogP contribution in [0.4, 0.5) is 5.13 Å². The number of benzene rings is 1. The molecule has 2 rings (SSSR count). The predicted molar refractivity (Wildman–Crippen MR) is 58.2 cm³/mol. The first-order chi connectivity index (χ1) is 6.29. The van der Waals surface area contributed by atoms with Crippen LogP contribution in [0.3, 0.4) is 0 Å². The van der Waals surface area contributed by atoms with Crippen LogP contribution in [0.1, 0.15) is 0 Å². The predicted octanol–water partition coefficient (Wildman–Crippen LogP) is 2.54. The van der Waals surface area contributed by atoms with Crippen molar-refractivity contribution < 1.29 is 4.18 Å². The fourth-order valence-electron chi connectivity index (χ4n) is 1.07. The molecule has 1 aromatic carbocycles. The van der Waals surface area contributed by atoms with Crippen molar-refractivity contribution in [3.63, 3.8) is 0 Å². The molecule has 0 unspecified atom stereocenters. The Morgan fingerprint density at radius 2 is 2.38 bits per heavy atom. The lowest BCUT2D eigenvalue weighted by Crippen LogP contribution is -1.79. The number of rotatable bonds is 2. The standard InChI is InChI=1S/C8H8N2OS2/c1-12-11-5-2-3-6-7(4-5)13-8(9)10-6/h2-4H,1H3,(H2,9,10). The zero-order valence-electron chi connectivity index (χ0n) is 6.98. The summed E-state index contributed by atoms with van der Waals surface area (Å²) in [6.45, 7) is 0. The van der Waals surface area contributed by atoms with Gasteiger partial charge in [0.25, 0.3) is 0 Å². The normalized spacial score (nSPS) is 10.5. The molecular formula is C8H8N2OS2. The number of nitrogens with two attached hydrogens (primary N) is 1. The first-order valence-electron chi connectivity index (χ1n) is 3.66. The molecule has 2 N–H and O–H groups in total. The van der Waals surface area contributed by atoms with E-state index in [0.29, 0.717) is 5.13 Å². The van der Waals surface area contributed by atoms with Crippen molar-refractivity contribution in [2.75, 3.05) is 12.0 Å². The SMILES string of the molecule is CSOc1ccc2nc(N)sc2c1. The number of hydrogen-bond donors (Lipinski definition) is 1. The summed E-state index contributed by atoms with van der Waals surface area (Å²) in [5, 5.41) is 0.594. The molecule has 0 radical (unpaired) electrons. The maximum atomic E-state index is 5.58. The first-order valence-corrected chi connectivity index (χ1v) is 5.63. The van der Waals surface area contributed by atoms with Crippen LogP contribution in [0.5, 0.6) is 5.75 Å². The van der Waals surface area contributed by atoms with Crippen LogP contribution in [0.2, 0.25) is 0 Å². The molecule has 68 valence electrons. The van der Waals surface area contributed by atoms with Crippen LogP contribution >= 0.6 is 23.4 Å². The van der Waals surface area contributed by atoms with Gasteiger partial charge in [0.15, 0.2) is 5.13 Å². The summed E-state index contributed by atoms with van der Waals surface area (Å²) in [4.78, 5) is 4.15. The highest BCUT2D eigenvalue weighted by atomic mass is 32.2. The molecule has 0 fully saturated rings. The Morgan fingerprint density at radius 3 is 3.15 bits per heavy atom. The van der Waals surface area contributed by atoms with Gasteiger partial charge in [-0.25, -0.2) is 4.98 Å². The van der Waals surface area contributed by atoms with E-state index in [9.17, 15) is 0 Å². The highest BCUT2D eigenvalue weighted by Gasteiger charge is 2.02. The van der Waals surface area contributed by atoms with Gasteiger partial charge < -0.3 is 9.92 Å². The van der Waals surface area contributed by atoms with Crippen molar-refractivity contribution >= 4 is 38.7 Å². The van der Waals surface area contributed by atoms with E-state index in [2.05, 4.69) is 4.98 Å². The topological polar surface area (TPSA) is 48.1 Å². The van der Waals surface area contributed by atoms with Gasteiger partial charge in [-0.3, -0.25) is 0 Å². The molecule has 13 heavy (non-hydrogen) atoms. The van der Waals surface area contributed by atoms with E-state index in [1.807, 2.05) is 24.5 Å². The largest absolute Gasteiger partial charge is 0.426 e. The number of nitrogens with zero attached hydrogens (tertiary/aromatic N) is 1. The van der Waals surface area contributed by atoms with Gasteiger partial charge in [0.1, 0.15) is 5.75 Å². The van der Waals surface area contributed by atoms with E-state index in [1.54, 1.807) is 0 Å². The average molecular weight is 212 g/mol. The van der Waals surface area contributed by atoms with Gasteiger partial charge in [0.2, 0.25) is 0 Å². The molecular weight excluding hydrogens is 204 g/mol. The summed E-state index contributed by atoms with van der Waals surface area (Å²) < 4.78 is 6.34. The Hall–Kier alpha value is -0.940. The van der Waals surface area contributed by atoms with Gasteiger partial charge in [-0.15, -0.1) is 0 Å². The van der Waals surface area contributed by atoms with Crippen LogP contribution < -0.4 is 9.92 Å². The van der Waals surface area contributed by atoms with Crippen molar-refractivity contribution in [1.82, 2.24) is 4.98 Å². The zero-order valence-corrected chi connectivity index (χ0v) is 8.61. The molecule has 0 bridgehead atoms.